The highest BCUT2D eigenvalue weighted by Crippen LogP contribution is 2.69. The summed E-state index contributed by atoms with van der Waals surface area (Å²) >= 11 is 0. The minimum Gasteiger partial charge on any atom is -0.481 e. The molecule has 0 spiro atoms. The smallest absolute Gasteiger partial charge is 0.369 e. The van der Waals surface area contributed by atoms with Gasteiger partial charge < -0.3 is 140 Å². The molecule has 0 radical (unpaired) electrons. The van der Waals surface area contributed by atoms with Crippen molar-refractivity contribution in [3.05, 3.63) is 59.7 Å². The van der Waals surface area contributed by atoms with Crippen molar-refractivity contribution in [2.24, 2.45) is 17.4 Å². The molecule has 2 rings (SSSR count). The van der Waals surface area contributed by atoms with Gasteiger partial charge in [0.25, 0.3) is 5.08 Å². The van der Waals surface area contributed by atoms with Gasteiger partial charge >= 0.3 is 33.2 Å². The third-order valence-corrected chi connectivity index (χ3v) is 20.4. The van der Waals surface area contributed by atoms with Gasteiger partial charge in [-0.05, 0) is 87.1 Å². The minimum atomic E-state index is -5.64. The Morgan fingerprint density at radius 1 is 0.443 bits per heavy atom. The molecule has 0 bridgehead atoms. The molecule has 0 aliphatic carbocycles. The van der Waals surface area contributed by atoms with Crippen LogP contribution in [0.4, 0.5) is 21.0 Å². The number of nitrogens with two attached hydrogens (primary N) is 2. The lowest BCUT2D eigenvalue weighted by Gasteiger charge is -2.29. The second-order valence-electron chi connectivity index (χ2n) is 26.3. The fourth-order valence-electron chi connectivity index (χ4n) is 10.2. The number of aryl methyl sites for hydroxylation is 1. The van der Waals surface area contributed by atoms with E-state index < -0.39 is 172 Å². The highest BCUT2D eigenvalue weighted by atomic mass is 31.2. The van der Waals surface area contributed by atoms with Gasteiger partial charge in [0.2, 0.25) is 70.9 Å². The van der Waals surface area contributed by atoms with Crippen molar-refractivity contribution in [1.82, 2.24) is 63.8 Å². The van der Waals surface area contributed by atoms with E-state index in [1.165, 1.54) is 0 Å². The molecule has 0 unspecified atom stereocenters. The maximum Gasteiger partial charge on any atom is 0.369 e. The number of para-hydroxylation sites is 1. The van der Waals surface area contributed by atoms with Gasteiger partial charge in [-0.15, -0.1) is 0 Å². The first kappa shape index (κ1) is 101. The normalized spacial score (nSPS) is 12.7. The van der Waals surface area contributed by atoms with Crippen LogP contribution in [0, 0.1) is 12.8 Å². The number of nitrogens with one attached hydrogen (secondary N) is 14. The maximum atomic E-state index is 13.8. The number of carboxylic acid groups (broad SMARTS) is 1. The molecule has 16 amide bonds. The molecule has 0 saturated heterocycles. The number of urea groups is 2. The number of unbranched alkanes of at least 4 members (excludes halogenated alkanes) is 1. The summed E-state index contributed by atoms with van der Waals surface area (Å²) in [6, 6.07) is 5.18. The second-order valence-corrected chi connectivity index (χ2v) is 30.3. The van der Waals surface area contributed by atoms with E-state index >= 15 is 0 Å². The predicted molar refractivity (Wildman–Crippen MR) is 410 cm³/mol. The van der Waals surface area contributed by atoms with Crippen LogP contribution in [0.25, 0.3) is 0 Å². The fraction of sp³-hybridized carbons (Fsp3) is 0.609. The number of hydrogen-bond donors (Lipinski definition) is 23. The van der Waals surface area contributed by atoms with Crippen molar-refractivity contribution < 1.29 is 135 Å². The molecule has 115 heavy (non-hydrogen) atoms. The zero-order valence-electron chi connectivity index (χ0n) is 64.5. The molecule has 2 aromatic rings. The standard InChI is InChI=1S/C69H112N16O28P2/c1-44(2)61(85-65(99)52(43-86)83-64(98)51(18-25-60(94)95)82-63(97)50(13-8-28-78-67(71)101)81-59(93)42-46-14-16-47(17-15-46)79-68(102)84-48-11-5-4-10-45(48)3)66(100)77-33-37-113-41-40-112-35-31-75-56(90)22-21-55(89)74-30-34-110-38-39-111-36-32-76-57(91)23-24-58(92)80-49(62(70)96)12-6-7-27-72-53(87)19-20-54(88)73-29-9-26-69(103,114(104,105)106)115(107,108)109/h4-5,10-11,14-17,44,49-52,61,86,103H,6-9,12-13,18-43H2,1-3H3,(H2,70,96)(H,72,87)(H,73,88)(H,74,89)(H,75,90)(H,76,91)(H,77,100)(H,80,92)(H,81,93)(H,82,97)(H,83,98)(H,85,99)(H,94,95)(H3,71,78,101)(H2,79,84,102)(H2,104,105,106)(H2,107,108,109)/t49-,50-,51-,52-,61-/m0/s1. The molecule has 0 aliphatic rings. The number of benzene rings is 2. The zero-order valence-corrected chi connectivity index (χ0v) is 66.3. The molecule has 0 fully saturated rings. The molecule has 44 nitrogen and oxygen atoms in total. The van der Waals surface area contributed by atoms with Gasteiger partial charge in [0.15, 0.2) is 0 Å². The molecule has 25 N–H and O–H groups in total. The predicted octanol–water partition coefficient (Wildman–Crippen LogP) is -3.89. The van der Waals surface area contributed by atoms with Gasteiger partial charge in [-0.1, -0.05) is 44.2 Å². The Bertz CT molecular complexity index is 3570. The molecule has 0 aromatic heterocycles. The van der Waals surface area contributed by atoms with Crippen molar-refractivity contribution in [2.75, 3.05) is 116 Å². The summed E-state index contributed by atoms with van der Waals surface area (Å²) in [4.78, 5) is 226. The van der Waals surface area contributed by atoms with Crippen LogP contribution in [0.3, 0.4) is 0 Å². The molecule has 0 aliphatic heterocycles. The minimum absolute atomic E-state index is 0.00967. The van der Waals surface area contributed by atoms with Crippen LogP contribution >= 0.6 is 15.2 Å². The third-order valence-electron chi connectivity index (χ3n) is 16.5. The summed E-state index contributed by atoms with van der Waals surface area (Å²) in [5.74, 6) is -10.0. The van der Waals surface area contributed by atoms with E-state index in [2.05, 4.69) is 74.4 Å². The summed E-state index contributed by atoms with van der Waals surface area (Å²) in [5, 5.41) is 61.5. The SMILES string of the molecule is Cc1ccccc1NC(=O)Nc1ccc(CC(=O)N[C@@H](CCCNC(N)=O)C(=O)N[C@@H](CCC(=O)O)C(=O)N[C@@H](CO)C(=O)N[C@H](C(=O)NCCOCCOCCNC(=O)CCC(=O)NCCOCCOCCNC(=O)CCC(=O)N[C@@H](CCCCNC(=O)CCC(=O)NCCCC(O)(P(=O)(O)O)P(=O)(O)O)C(N)=O)C(C)C)cc1. The lowest BCUT2D eigenvalue weighted by molar-refractivity contribution is -0.139. The molecule has 5 atom stereocenters. The first-order chi connectivity index (χ1) is 54.3. The molecule has 2 aromatic carbocycles. The Labute approximate surface area is 663 Å². The molecular formula is C69H112N16O28P2. The Morgan fingerprint density at radius 2 is 0.870 bits per heavy atom. The van der Waals surface area contributed by atoms with Crippen molar-refractivity contribution in [3.63, 3.8) is 0 Å². The highest BCUT2D eigenvalue weighted by Gasteiger charge is 2.58. The number of aliphatic carboxylic acids is 1. The van der Waals surface area contributed by atoms with Gasteiger partial charge in [0.1, 0.15) is 30.2 Å². The molecule has 0 heterocycles. The summed E-state index contributed by atoms with van der Waals surface area (Å²) in [6.07, 6.45) is -3.20. The lowest BCUT2D eigenvalue weighted by atomic mass is 10.0. The van der Waals surface area contributed by atoms with Gasteiger partial charge in [-0.3, -0.25) is 71.5 Å². The monoisotopic (exact) mass is 1670 g/mol. The number of carboxylic acids is 1. The van der Waals surface area contributed by atoms with Gasteiger partial charge in [0.05, 0.1) is 65.9 Å². The zero-order chi connectivity index (χ0) is 85.9. The van der Waals surface area contributed by atoms with E-state index in [1.807, 2.05) is 19.1 Å². The number of aliphatic hydroxyl groups excluding tert-OH is 1. The Kier molecular flexibility index (Phi) is 49.0. The van der Waals surface area contributed by atoms with Crippen molar-refractivity contribution in [2.45, 2.75) is 159 Å². The summed E-state index contributed by atoms with van der Waals surface area (Å²) < 4.78 is 44.7. The number of amides is 16. The van der Waals surface area contributed by atoms with Crippen molar-refractivity contribution >= 4 is 115 Å². The van der Waals surface area contributed by atoms with Crippen LogP contribution < -0.4 is 85.9 Å². The number of carbonyl (C=O) groups is 15. The number of hydrogen-bond acceptors (Lipinski definition) is 23. The van der Waals surface area contributed by atoms with Gasteiger partial charge in [-0.2, -0.15) is 0 Å². The average Bonchev–Trinajstić information content (AvgIpc) is 0.774. The number of aliphatic hydroxyl groups is 2. The Hall–Kier alpha value is -9.85. The number of primary amides is 2. The Balaban J connectivity index is 1.60. The third kappa shape index (κ3) is 44.6. The first-order valence-corrected chi connectivity index (χ1v) is 40.2. The van der Waals surface area contributed by atoms with E-state index in [0.717, 1.165) is 5.56 Å². The molecule has 646 valence electrons. The van der Waals surface area contributed by atoms with E-state index in [9.17, 15) is 116 Å². The van der Waals surface area contributed by atoms with Crippen LogP contribution in [-0.2, 0) is 96.8 Å². The van der Waals surface area contributed by atoms with Crippen LogP contribution in [0.15, 0.2) is 48.5 Å². The number of carbonyl (C=O) groups excluding carboxylic acids is 14. The van der Waals surface area contributed by atoms with Crippen LogP contribution in [0.2, 0.25) is 0 Å². The summed E-state index contributed by atoms with van der Waals surface area (Å²) in [7, 11) is -11.3. The van der Waals surface area contributed by atoms with E-state index in [4.69, 9.17) is 30.4 Å². The van der Waals surface area contributed by atoms with Crippen LogP contribution in [0.1, 0.15) is 121 Å². The molecular weight excluding hydrogens is 1560 g/mol. The summed E-state index contributed by atoms with van der Waals surface area (Å²) in [6.45, 7) is 5.22. The fourth-order valence-corrected chi connectivity index (χ4v) is 12.4. The average molecular weight is 1680 g/mol. The van der Waals surface area contributed by atoms with Crippen molar-refractivity contribution in [1.29, 1.82) is 0 Å². The van der Waals surface area contributed by atoms with Crippen molar-refractivity contribution in [3.8, 4) is 0 Å². The van der Waals surface area contributed by atoms with Crippen LogP contribution in [-0.4, -0.2) is 264 Å². The van der Waals surface area contributed by atoms with E-state index in [-0.39, 0.29) is 169 Å². The largest absolute Gasteiger partial charge is 0.481 e. The Morgan fingerprint density at radius 3 is 1.33 bits per heavy atom. The van der Waals surface area contributed by atoms with Crippen LogP contribution in [0.5, 0.6) is 0 Å². The number of anilines is 2. The molecule has 0 saturated carbocycles. The number of rotatable bonds is 61. The maximum absolute atomic E-state index is 13.8. The second kappa shape index (κ2) is 55.6. The highest BCUT2D eigenvalue weighted by molar-refractivity contribution is 7.72. The number of ether oxygens (including phenoxy) is 4. The topological polar surface area (TPSA) is 689 Å². The van der Waals surface area contributed by atoms with E-state index in [0.29, 0.717) is 29.8 Å². The van der Waals surface area contributed by atoms with E-state index in [1.54, 1.807) is 50.2 Å². The van der Waals surface area contributed by atoms with Gasteiger partial charge in [0, 0.05) is 109 Å². The quantitative estimate of drug-likeness (QED) is 0.0222. The molecule has 46 heteroatoms. The summed E-state index contributed by atoms with van der Waals surface area (Å²) in [5.41, 5.74) is 13.0. The lowest BCUT2D eigenvalue weighted by Crippen LogP contribution is -2.60. The first-order valence-electron chi connectivity index (χ1n) is 37.0. The van der Waals surface area contributed by atoms with Gasteiger partial charge in [-0.25, -0.2) is 9.59 Å².